The number of rotatable bonds is 5. The summed E-state index contributed by atoms with van der Waals surface area (Å²) in [6.45, 7) is 0. The number of benzene rings is 3. The molecule has 0 heterocycles. The largest absolute Gasteiger partial charge is 0.493 e. The number of urea groups is 1. The summed E-state index contributed by atoms with van der Waals surface area (Å²) in [6.07, 6.45) is 1.37. The summed E-state index contributed by atoms with van der Waals surface area (Å²) >= 11 is 0. The third-order valence-electron chi connectivity index (χ3n) is 3.79. The highest BCUT2D eigenvalue weighted by atomic mass is 16.6. The first-order valence-electron chi connectivity index (χ1n) is 8.05. The molecule has 3 aromatic rings. The summed E-state index contributed by atoms with van der Waals surface area (Å²) in [4.78, 5) is 23.4. The van der Waals surface area contributed by atoms with Gasteiger partial charge in [-0.1, -0.05) is 36.4 Å². The molecule has 0 aliphatic carbocycles. The molecular formula is C20H17N3O4. The zero-order valence-electron chi connectivity index (χ0n) is 14.5. The second-order valence-corrected chi connectivity index (χ2v) is 5.56. The maximum Gasteiger partial charge on any atom is 0.344 e. The van der Waals surface area contributed by atoms with Crippen molar-refractivity contribution in [3.8, 4) is 11.5 Å². The van der Waals surface area contributed by atoms with Crippen LogP contribution in [0.3, 0.4) is 0 Å². The van der Waals surface area contributed by atoms with E-state index in [2.05, 4.69) is 10.5 Å². The molecule has 3 N–H and O–H groups in total. The van der Waals surface area contributed by atoms with Crippen LogP contribution in [0.4, 0.5) is 4.79 Å². The van der Waals surface area contributed by atoms with Crippen LogP contribution in [0.1, 0.15) is 15.9 Å². The fourth-order valence-electron chi connectivity index (χ4n) is 2.58. The highest BCUT2D eigenvalue weighted by Crippen LogP contribution is 2.29. The highest BCUT2D eigenvalue weighted by Gasteiger charge is 2.15. The molecule has 3 aromatic carbocycles. The number of carbonyl (C=O) groups excluding carboxylic acids is 2. The number of nitrogens with two attached hydrogens (primary N) is 1. The van der Waals surface area contributed by atoms with Crippen molar-refractivity contribution in [3.05, 3.63) is 71.8 Å². The lowest BCUT2D eigenvalue weighted by molar-refractivity contribution is 0.0732. The molecule has 136 valence electrons. The number of nitrogens with zero attached hydrogens (tertiary/aromatic N) is 1. The second-order valence-electron chi connectivity index (χ2n) is 5.56. The highest BCUT2D eigenvalue weighted by molar-refractivity contribution is 6.05. The fourth-order valence-corrected chi connectivity index (χ4v) is 2.58. The van der Waals surface area contributed by atoms with E-state index in [4.69, 9.17) is 15.2 Å². The first-order chi connectivity index (χ1) is 13.1. The molecule has 0 fully saturated rings. The van der Waals surface area contributed by atoms with Crippen LogP contribution in [0.15, 0.2) is 65.8 Å². The molecule has 0 aliphatic rings. The van der Waals surface area contributed by atoms with Gasteiger partial charge in [0, 0.05) is 0 Å². The number of hydrogen-bond acceptors (Lipinski definition) is 5. The third kappa shape index (κ3) is 4.21. The molecule has 3 rings (SSSR count). The van der Waals surface area contributed by atoms with Crippen molar-refractivity contribution in [2.24, 2.45) is 10.8 Å². The van der Waals surface area contributed by atoms with Crippen LogP contribution in [0, 0.1) is 0 Å². The minimum atomic E-state index is -0.776. The van der Waals surface area contributed by atoms with Gasteiger partial charge in [0.05, 0.1) is 18.9 Å². The zero-order chi connectivity index (χ0) is 19.2. The van der Waals surface area contributed by atoms with Gasteiger partial charge in [0.15, 0.2) is 11.5 Å². The van der Waals surface area contributed by atoms with Crippen molar-refractivity contribution in [2.75, 3.05) is 7.11 Å². The Kier molecular flexibility index (Phi) is 5.32. The molecule has 0 atom stereocenters. The quantitative estimate of drug-likeness (QED) is 0.315. The molecule has 27 heavy (non-hydrogen) atoms. The van der Waals surface area contributed by atoms with Crippen LogP contribution in [-0.2, 0) is 0 Å². The summed E-state index contributed by atoms with van der Waals surface area (Å²) in [5.74, 6) is 0.122. The first-order valence-corrected chi connectivity index (χ1v) is 8.05. The number of ether oxygens (including phenoxy) is 2. The number of primary amides is 1. The van der Waals surface area contributed by atoms with E-state index in [-0.39, 0.29) is 5.75 Å². The maximum atomic E-state index is 12.7. The number of carbonyl (C=O) groups is 2. The molecule has 2 amide bonds. The van der Waals surface area contributed by atoms with Crippen molar-refractivity contribution >= 4 is 29.0 Å². The molecule has 0 saturated heterocycles. The predicted molar refractivity (Wildman–Crippen MR) is 102 cm³/mol. The van der Waals surface area contributed by atoms with Gasteiger partial charge in [0.1, 0.15) is 0 Å². The van der Waals surface area contributed by atoms with Gasteiger partial charge in [0.2, 0.25) is 0 Å². The molecule has 0 bridgehead atoms. The van der Waals surface area contributed by atoms with Crippen LogP contribution in [-0.4, -0.2) is 25.3 Å². The predicted octanol–water partition coefficient (Wildman–Crippen LogP) is 3.07. The van der Waals surface area contributed by atoms with E-state index in [1.807, 2.05) is 30.3 Å². The lowest BCUT2D eigenvalue weighted by atomic mass is 10.0. The van der Waals surface area contributed by atoms with Crippen LogP contribution in [0.25, 0.3) is 10.8 Å². The van der Waals surface area contributed by atoms with Gasteiger partial charge in [-0.15, -0.1) is 0 Å². The number of hydrazone groups is 1. The lowest BCUT2D eigenvalue weighted by Gasteiger charge is -2.11. The van der Waals surface area contributed by atoms with Gasteiger partial charge < -0.3 is 15.2 Å². The Balaban J connectivity index is 1.90. The number of esters is 1. The molecule has 7 heteroatoms. The summed E-state index contributed by atoms with van der Waals surface area (Å²) in [6, 6.07) is 17.1. The average Bonchev–Trinajstić information content (AvgIpc) is 2.67. The van der Waals surface area contributed by atoms with E-state index in [1.165, 1.54) is 13.3 Å². The molecule has 7 nitrogen and oxygen atoms in total. The fraction of sp³-hybridized carbons (Fsp3) is 0.0500. The molecule has 0 aliphatic heterocycles. The molecule has 0 unspecified atom stereocenters. The summed E-state index contributed by atoms with van der Waals surface area (Å²) < 4.78 is 10.8. The third-order valence-corrected chi connectivity index (χ3v) is 3.79. The number of hydrogen-bond donors (Lipinski definition) is 2. The summed E-state index contributed by atoms with van der Waals surface area (Å²) in [5, 5.41) is 5.43. The van der Waals surface area contributed by atoms with Crippen molar-refractivity contribution in [2.45, 2.75) is 0 Å². The van der Waals surface area contributed by atoms with Crippen molar-refractivity contribution < 1.29 is 19.1 Å². The smallest absolute Gasteiger partial charge is 0.344 e. The van der Waals surface area contributed by atoms with Gasteiger partial charge >= 0.3 is 12.0 Å². The summed E-state index contributed by atoms with van der Waals surface area (Å²) in [7, 11) is 1.48. The molecule has 0 aromatic heterocycles. The Hall–Kier alpha value is -3.87. The monoisotopic (exact) mass is 363 g/mol. The minimum absolute atomic E-state index is 0.235. The standard InChI is InChI=1S/C20H17N3O4/c1-26-17-10-9-13(12-22-23-20(21)25)11-18(17)27-19(24)16-8-4-6-14-5-2-3-7-15(14)16/h2-12H,1H3,(H3,21,23,25). The normalized spacial score (nSPS) is 10.7. The van der Waals surface area contributed by atoms with E-state index in [1.54, 1.807) is 30.3 Å². The molecule has 0 spiro atoms. The second kappa shape index (κ2) is 8.01. The number of methoxy groups -OCH3 is 1. The van der Waals surface area contributed by atoms with Crippen LogP contribution in [0.5, 0.6) is 11.5 Å². The van der Waals surface area contributed by atoms with Gasteiger partial charge in [-0.3, -0.25) is 0 Å². The van der Waals surface area contributed by atoms with E-state index in [0.29, 0.717) is 16.9 Å². The van der Waals surface area contributed by atoms with Crippen LogP contribution in [0.2, 0.25) is 0 Å². The maximum absolute atomic E-state index is 12.7. The van der Waals surface area contributed by atoms with Gasteiger partial charge in [-0.2, -0.15) is 5.10 Å². The Morgan fingerprint density at radius 1 is 1.04 bits per heavy atom. The average molecular weight is 363 g/mol. The van der Waals surface area contributed by atoms with Crippen molar-refractivity contribution in [1.29, 1.82) is 0 Å². The van der Waals surface area contributed by atoms with Gasteiger partial charge in [0.25, 0.3) is 0 Å². The van der Waals surface area contributed by atoms with Gasteiger partial charge in [-0.05, 0) is 40.6 Å². The number of amides is 2. The van der Waals surface area contributed by atoms with E-state index < -0.39 is 12.0 Å². The molecular weight excluding hydrogens is 346 g/mol. The van der Waals surface area contributed by atoms with Gasteiger partial charge in [-0.25, -0.2) is 15.0 Å². The Morgan fingerprint density at radius 3 is 2.59 bits per heavy atom. The van der Waals surface area contributed by atoms with Crippen LogP contribution >= 0.6 is 0 Å². The number of fused-ring (bicyclic) bond motifs is 1. The van der Waals surface area contributed by atoms with Crippen molar-refractivity contribution in [1.82, 2.24) is 5.43 Å². The Morgan fingerprint density at radius 2 is 1.81 bits per heavy atom. The number of nitrogens with one attached hydrogen (secondary N) is 1. The van der Waals surface area contributed by atoms with Crippen molar-refractivity contribution in [3.63, 3.8) is 0 Å². The lowest BCUT2D eigenvalue weighted by Crippen LogP contribution is -2.24. The SMILES string of the molecule is COc1ccc(C=NNC(N)=O)cc1OC(=O)c1cccc2ccccc12. The van der Waals surface area contributed by atoms with E-state index in [0.717, 1.165) is 10.8 Å². The topological polar surface area (TPSA) is 103 Å². The van der Waals surface area contributed by atoms with E-state index in [9.17, 15) is 9.59 Å². The Labute approximate surface area is 155 Å². The van der Waals surface area contributed by atoms with Crippen LogP contribution < -0.4 is 20.6 Å². The minimum Gasteiger partial charge on any atom is -0.493 e. The summed E-state index contributed by atoms with van der Waals surface area (Å²) in [5.41, 5.74) is 8.09. The first kappa shape index (κ1) is 17.9. The zero-order valence-corrected chi connectivity index (χ0v) is 14.5. The molecule has 0 radical (unpaired) electrons. The molecule has 0 saturated carbocycles. The Bertz CT molecular complexity index is 1030. The van der Waals surface area contributed by atoms with E-state index >= 15 is 0 Å².